The van der Waals surface area contributed by atoms with Crippen LogP contribution < -0.4 is 5.73 Å². The van der Waals surface area contributed by atoms with Gasteiger partial charge in [-0.05, 0) is 24.1 Å². The average molecular weight is 240 g/mol. The Kier molecular flexibility index (Phi) is 18.0. The number of nitrogens with zero attached hydrogens (tertiary/aromatic N) is 1. The molecule has 0 aliphatic rings. The van der Waals surface area contributed by atoms with Crippen molar-refractivity contribution in [2.45, 2.75) is 34.6 Å². The van der Waals surface area contributed by atoms with Crippen LogP contribution in [0.4, 0.5) is 4.39 Å². The molecule has 0 saturated carbocycles. The first kappa shape index (κ1) is 20.9. The van der Waals surface area contributed by atoms with Gasteiger partial charge in [0.25, 0.3) is 0 Å². The van der Waals surface area contributed by atoms with Crippen LogP contribution in [-0.2, 0) is 0 Å². The van der Waals surface area contributed by atoms with Gasteiger partial charge in [0.2, 0.25) is 0 Å². The highest BCUT2D eigenvalue weighted by molar-refractivity contribution is 5.44. The summed E-state index contributed by atoms with van der Waals surface area (Å²) in [6.07, 6.45) is 1.06. The standard InChI is InChI=1S/C10H13FN2.2C2H6/c1-7(5-12)9(3)10(6-13)4-8(2)11;2*1-2/h4,7H,2-3,5,12H2,1H3;2*1-2H3/b10-4-;;. The Hall–Kier alpha value is -1.40. The molecular weight excluding hydrogens is 215 g/mol. The zero-order valence-electron chi connectivity index (χ0n) is 11.7. The van der Waals surface area contributed by atoms with Crippen molar-refractivity contribution in [3.05, 3.63) is 36.2 Å². The molecule has 0 aliphatic carbocycles. The number of hydrogen-bond acceptors (Lipinski definition) is 2. The van der Waals surface area contributed by atoms with Crippen LogP contribution >= 0.6 is 0 Å². The quantitative estimate of drug-likeness (QED) is 0.593. The fourth-order valence-electron chi connectivity index (χ4n) is 0.761. The third kappa shape index (κ3) is 10.9. The summed E-state index contributed by atoms with van der Waals surface area (Å²) in [7, 11) is 0. The molecule has 2 N–H and O–H groups in total. The molecule has 0 fully saturated rings. The molecule has 0 heterocycles. The molecule has 98 valence electrons. The highest BCUT2D eigenvalue weighted by Crippen LogP contribution is 2.17. The molecule has 0 radical (unpaired) electrons. The van der Waals surface area contributed by atoms with Crippen LogP contribution in [0, 0.1) is 17.2 Å². The molecule has 0 aromatic rings. The summed E-state index contributed by atoms with van der Waals surface area (Å²) in [4.78, 5) is 0. The molecule has 0 aromatic carbocycles. The average Bonchev–Trinajstić information content (AvgIpc) is 2.38. The zero-order valence-corrected chi connectivity index (χ0v) is 11.7. The van der Waals surface area contributed by atoms with E-state index in [0.717, 1.165) is 6.08 Å². The lowest BCUT2D eigenvalue weighted by atomic mass is 9.96. The van der Waals surface area contributed by atoms with E-state index in [9.17, 15) is 4.39 Å². The normalized spacial score (nSPS) is 10.8. The van der Waals surface area contributed by atoms with Gasteiger partial charge in [0.15, 0.2) is 0 Å². The van der Waals surface area contributed by atoms with Crippen molar-refractivity contribution in [3.63, 3.8) is 0 Å². The molecule has 1 atom stereocenters. The topological polar surface area (TPSA) is 49.8 Å². The molecule has 0 amide bonds. The predicted molar refractivity (Wildman–Crippen MR) is 74.0 cm³/mol. The maximum absolute atomic E-state index is 12.4. The summed E-state index contributed by atoms with van der Waals surface area (Å²) >= 11 is 0. The van der Waals surface area contributed by atoms with E-state index in [0.29, 0.717) is 12.1 Å². The lowest BCUT2D eigenvalue weighted by Gasteiger charge is -2.10. The van der Waals surface area contributed by atoms with E-state index in [1.54, 1.807) is 0 Å². The zero-order chi connectivity index (χ0) is 14.4. The lowest BCUT2D eigenvalue weighted by molar-refractivity contribution is 0.667. The maximum atomic E-state index is 12.4. The van der Waals surface area contributed by atoms with E-state index in [2.05, 4.69) is 13.2 Å². The molecule has 17 heavy (non-hydrogen) atoms. The highest BCUT2D eigenvalue weighted by Gasteiger charge is 2.09. The Labute approximate surface area is 105 Å². The molecule has 0 saturated heterocycles. The molecule has 2 nitrogen and oxygen atoms in total. The minimum atomic E-state index is -0.651. The summed E-state index contributed by atoms with van der Waals surface area (Å²) in [5.41, 5.74) is 6.13. The molecule has 0 aromatic heterocycles. The monoisotopic (exact) mass is 240 g/mol. The number of allylic oxidation sites excluding steroid dienone is 3. The Bertz CT molecular complexity index is 285. The summed E-state index contributed by atoms with van der Waals surface area (Å²) in [6.45, 7) is 16.9. The first-order valence-corrected chi connectivity index (χ1v) is 5.88. The van der Waals surface area contributed by atoms with E-state index in [4.69, 9.17) is 11.0 Å². The first-order chi connectivity index (χ1) is 8.02. The van der Waals surface area contributed by atoms with Gasteiger partial charge < -0.3 is 5.73 Å². The van der Waals surface area contributed by atoms with Crippen molar-refractivity contribution in [3.8, 4) is 6.07 Å². The number of halogens is 1. The number of nitriles is 1. The van der Waals surface area contributed by atoms with Gasteiger partial charge in [0.1, 0.15) is 5.83 Å². The van der Waals surface area contributed by atoms with Crippen molar-refractivity contribution in [2.75, 3.05) is 6.54 Å². The predicted octanol–water partition coefficient (Wildman–Crippen LogP) is 4.12. The minimum Gasteiger partial charge on any atom is -0.330 e. The van der Waals surface area contributed by atoms with E-state index < -0.39 is 5.83 Å². The fourth-order valence-corrected chi connectivity index (χ4v) is 0.761. The maximum Gasteiger partial charge on any atom is 0.117 e. The van der Waals surface area contributed by atoms with Gasteiger partial charge in [-0.1, -0.05) is 47.8 Å². The van der Waals surface area contributed by atoms with Crippen molar-refractivity contribution in [2.24, 2.45) is 11.7 Å². The Morgan fingerprint density at radius 2 is 1.76 bits per heavy atom. The largest absolute Gasteiger partial charge is 0.330 e. The second-order valence-electron chi connectivity index (χ2n) is 2.78. The summed E-state index contributed by atoms with van der Waals surface area (Å²) in [5.74, 6) is -0.674. The Balaban J connectivity index is -0.000000439. The van der Waals surface area contributed by atoms with E-state index >= 15 is 0 Å². The third-order valence-electron chi connectivity index (χ3n) is 1.72. The van der Waals surface area contributed by atoms with Gasteiger partial charge in [-0.3, -0.25) is 0 Å². The molecule has 0 bridgehead atoms. The second-order valence-corrected chi connectivity index (χ2v) is 2.78. The first-order valence-electron chi connectivity index (χ1n) is 5.88. The third-order valence-corrected chi connectivity index (χ3v) is 1.72. The van der Waals surface area contributed by atoms with Gasteiger partial charge in [0.05, 0.1) is 11.6 Å². The molecule has 1 unspecified atom stereocenters. The van der Waals surface area contributed by atoms with E-state index in [1.165, 1.54) is 0 Å². The fraction of sp³-hybridized carbons (Fsp3) is 0.500. The molecule has 0 aliphatic heterocycles. The van der Waals surface area contributed by atoms with Gasteiger partial charge in [0, 0.05) is 0 Å². The van der Waals surface area contributed by atoms with E-state index in [1.807, 2.05) is 40.7 Å². The molecule has 0 spiro atoms. The van der Waals surface area contributed by atoms with Gasteiger partial charge in [-0.2, -0.15) is 5.26 Å². The van der Waals surface area contributed by atoms with Gasteiger partial charge in [-0.15, -0.1) is 0 Å². The van der Waals surface area contributed by atoms with Gasteiger partial charge >= 0.3 is 0 Å². The molecule has 0 rings (SSSR count). The van der Waals surface area contributed by atoms with Crippen molar-refractivity contribution < 1.29 is 4.39 Å². The number of hydrogen-bond donors (Lipinski definition) is 1. The minimum absolute atomic E-state index is 0.0229. The molecule has 3 heteroatoms. The van der Waals surface area contributed by atoms with E-state index in [-0.39, 0.29) is 11.5 Å². The van der Waals surface area contributed by atoms with Crippen molar-refractivity contribution in [1.82, 2.24) is 0 Å². The SMILES string of the molecule is C=C(F)/C=C(/C#N)C(=C)C(C)CN.CC.CC. The van der Waals surface area contributed by atoms with Crippen molar-refractivity contribution in [1.29, 1.82) is 5.26 Å². The van der Waals surface area contributed by atoms with Crippen LogP contribution in [0.1, 0.15) is 34.6 Å². The van der Waals surface area contributed by atoms with Crippen LogP contribution in [0.3, 0.4) is 0 Å². The Morgan fingerprint density at radius 1 is 1.35 bits per heavy atom. The van der Waals surface area contributed by atoms with Crippen LogP contribution in [0.25, 0.3) is 0 Å². The summed E-state index contributed by atoms with van der Waals surface area (Å²) in [6, 6.07) is 1.85. The second kappa shape index (κ2) is 14.6. The lowest BCUT2D eigenvalue weighted by Crippen LogP contribution is -2.13. The smallest absolute Gasteiger partial charge is 0.117 e. The summed E-state index contributed by atoms with van der Waals surface area (Å²) in [5, 5.41) is 8.66. The van der Waals surface area contributed by atoms with Crippen LogP contribution in [0.2, 0.25) is 0 Å². The number of rotatable bonds is 4. The summed E-state index contributed by atoms with van der Waals surface area (Å²) < 4.78 is 12.4. The van der Waals surface area contributed by atoms with Crippen LogP contribution in [0.15, 0.2) is 36.2 Å². The number of nitrogens with two attached hydrogens (primary N) is 1. The van der Waals surface area contributed by atoms with Crippen LogP contribution in [-0.4, -0.2) is 6.54 Å². The Morgan fingerprint density at radius 3 is 2.00 bits per heavy atom. The van der Waals surface area contributed by atoms with Crippen molar-refractivity contribution >= 4 is 0 Å². The molecular formula is C14H25FN2. The van der Waals surface area contributed by atoms with Crippen LogP contribution in [0.5, 0.6) is 0 Å². The van der Waals surface area contributed by atoms with Gasteiger partial charge in [-0.25, -0.2) is 4.39 Å². The highest BCUT2D eigenvalue weighted by atomic mass is 19.1.